The van der Waals surface area contributed by atoms with Crippen molar-refractivity contribution >= 4 is 15.9 Å². The Kier molecular flexibility index (Phi) is 6.14. The minimum absolute atomic E-state index is 0.145. The lowest BCUT2D eigenvalue weighted by molar-refractivity contribution is 0.0951. The van der Waals surface area contributed by atoms with E-state index in [2.05, 4.69) is 11.4 Å². The van der Waals surface area contributed by atoms with Crippen LogP contribution in [0.1, 0.15) is 35.3 Å². The van der Waals surface area contributed by atoms with Gasteiger partial charge in [-0.15, -0.1) is 0 Å². The normalized spacial score (nSPS) is 11.4. The molecule has 0 unspecified atom stereocenters. The van der Waals surface area contributed by atoms with Crippen LogP contribution in [0, 0.1) is 11.3 Å². The highest BCUT2D eigenvalue weighted by atomic mass is 32.2. The number of sulfonamides is 1. The van der Waals surface area contributed by atoms with Crippen molar-refractivity contribution in [2.24, 2.45) is 0 Å². The van der Waals surface area contributed by atoms with E-state index in [9.17, 15) is 13.2 Å². The van der Waals surface area contributed by atoms with Crippen LogP contribution in [0.15, 0.2) is 53.4 Å². The van der Waals surface area contributed by atoms with Gasteiger partial charge in [0.1, 0.15) is 0 Å². The van der Waals surface area contributed by atoms with Crippen molar-refractivity contribution in [3.63, 3.8) is 0 Å². The first-order valence-corrected chi connectivity index (χ1v) is 9.55. The summed E-state index contributed by atoms with van der Waals surface area (Å²) < 4.78 is 26.1. The molecule has 2 aromatic carbocycles. The average Bonchev–Trinajstić information content (AvgIpc) is 2.65. The molecule has 7 heteroatoms. The van der Waals surface area contributed by atoms with Crippen molar-refractivity contribution in [1.29, 1.82) is 5.26 Å². The van der Waals surface area contributed by atoms with E-state index in [1.54, 1.807) is 32.0 Å². The number of nitriles is 1. The van der Waals surface area contributed by atoms with Crippen LogP contribution in [0.4, 0.5) is 0 Å². The first-order chi connectivity index (χ1) is 12.3. The maximum Gasteiger partial charge on any atom is 0.251 e. The molecule has 0 saturated carbocycles. The van der Waals surface area contributed by atoms with Gasteiger partial charge in [-0.2, -0.15) is 9.57 Å². The van der Waals surface area contributed by atoms with Gasteiger partial charge in [-0.3, -0.25) is 4.79 Å². The zero-order valence-electron chi connectivity index (χ0n) is 14.9. The SMILES string of the molecule is CC(C)N(C)S(=O)(=O)c1ccc(C(=O)NCc2cccc(C#N)c2)cc1. The number of carbonyl (C=O) groups excluding carboxylic acids is 1. The summed E-state index contributed by atoms with van der Waals surface area (Å²) in [5.41, 5.74) is 1.71. The Bertz CT molecular complexity index is 929. The summed E-state index contributed by atoms with van der Waals surface area (Å²) in [6.07, 6.45) is 0. The molecule has 6 nitrogen and oxygen atoms in total. The topological polar surface area (TPSA) is 90.3 Å². The molecule has 0 aliphatic rings. The Balaban J connectivity index is 2.08. The smallest absolute Gasteiger partial charge is 0.251 e. The van der Waals surface area contributed by atoms with E-state index >= 15 is 0 Å². The minimum Gasteiger partial charge on any atom is -0.348 e. The predicted octanol–water partition coefficient (Wildman–Crippen LogP) is 2.52. The summed E-state index contributed by atoms with van der Waals surface area (Å²) in [4.78, 5) is 12.4. The molecule has 0 bridgehead atoms. The quantitative estimate of drug-likeness (QED) is 0.845. The van der Waals surface area contributed by atoms with E-state index in [1.807, 2.05) is 6.07 Å². The highest BCUT2D eigenvalue weighted by Gasteiger charge is 2.23. The molecule has 2 rings (SSSR count). The fraction of sp³-hybridized carbons (Fsp3) is 0.263. The van der Waals surface area contributed by atoms with Crippen LogP contribution in [0.2, 0.25) is 0 Å². The van der Waals surface area contributed by atoms with Crippen LogP contribution in [-0.2, 0) is 16.6 Å². The maximum absolute atomic E-state index is 12.4. The fourth-order valence-corrected chi connectivity index (χ4v) is 3.62. The second kappa shape index (κ2) is 8.13. The third-order valence-corrected chi connectivity index (χ3v) is 6.08. The lowest BCUT2D eigenvalue weighted by atomic mass is 10.1. The van der Waals surface area contributed by atoms with Gasteiger partial charge in [-0.1, -0.05) is 12.1 Å². The Morgan fingerprint density at radius 3 is 2.42 bits per heavy atom. The Labute approximate surface area is 154 Å². The lowest BCUT2D eigenvalue weighted by Crippen LogP contribution is -2.33. The molecule has 0 heterocycles. The van der Waals surface area contributed by atoms with Gasteiger partial charge >= 0.3 is 0 Å². The number of amides is 1. The molecular formula is C19H21N3O3S. The van der Waals surface area contributed by atoms with E-state index in [0.717, 1.165) is 5.56 Å². The standard InChI is InChI=1S/C19H21N3O3S/c1-14(2)22(3)26(24,25)18-9-7-17(8-10-18)19(23)21-13-16-6-4-5-15(11-16)12-20/h4-11,14H,13H2,1-3H3,(H,21,23). The van der Waals surface area contributed by atoms with Gasteiger partial charge in [0.15, 0.2) is 0 Å². The highest BCUT2D eigenvalue weighted by Crippen LogP contribution is 2.17. The molecule has 0 spiro atoms. The molecule has 136 valence electrons. The second-order valence-corrected chi connectivity index (χ2v) is 8.13. The van der Waals surface area contributed by atoms with Gasteiger partial charge in [0.2, 0.25) is 10.0 Å². The third kappa shape index (κ3) is 4.48. The Morgan fingerprint density at radius 1 is 1.19 bits per heavy atom. The van der Waals surface area contributed by atoms with Crippen LogP contribution in [0.5, 0.6) is 0 Å². The van der Waals surface area contributed by atoms with Crippen molar-refractivity contribution in [1.82, 2.24) is 9.62 Å². The van der Waals surface area contributed by atoms with E-state index < -0.39 is 10.0 Å². The van der Waals surface area contributed by atoms with E-state index in [0.29, 0.717) is 11.1 Å². The van der Waals surface area contributed by atoms with Crippen LogP contribution in [-0.4, -0.2) is 31.7 Å². The zero-order valence-corrected chi connectivity index (χ0v) is 15.7. The molecule has 0 atom stereocenters. The molecule has 1 N–H and O–H groups in total. The third-order valence-electron chi connectivity index (χ3n) is 4.03. The summed E-state index contributed by atoms with van der Waals surface area (Å²) in [6.45, 7) is 3.87. The van der Waals surface area contributed by atoms with Crippen LogP contribution < -0.4 is 5.32 Å². The van der Waals surface area contributed by atoms with Crippen LogP contribution >= 0.6 is 0 Å². The van der Waals surface area contributed by atoms with Crippen molar-refractivity contribution in [3.05, 3.63) is 65.2 Å². The lowest BCUT2D eigenvalue weighted by Gasteiger charge is -2.21. The van der Waals surface area contributed by atoms with Crippen LogP contribution in [0.25, 0.3) is 0 Å². The van der Waals surface area contributed by atoms with E-state index in [1.165, 1.54) is 35.6 Å². The Hall–Kier alpha value is -2.69. The van der Waals surface area contributed by atoms with Crippen molar-refractivity contribution < 1.29 is 13.2 Å². The minimum atomic E-state index is -3.57. The van der Waals surface area contributed by atoms with Gasteiger partial charge in [-0.25, -0.2) is 8.42 Å². The van der Waals surface area contributed by atoms with Crippen molar-refractivity contribution in [2.45, 2.75) is 31.3 Å². The van der Waals surface area contributed by atoms with E-state index in [-0.39, 0.29) is 23.4 Å². The number of nitrogens with zero attached hydrogens (tertiary/aromatic N) is 2. The first kappa shape index (κ1) is 19.6. The summed E-state index contributed by atoms with van der Waals surface area (Å²) >= 11 is 0. The fourth-order valence-electron chi connectivity index (χ4n) is 2.26. The number of carbonyl (C=O) groups is 1. The number of rotatable bonds is 6. The molecule has 0 aromatic heterocycles. The molecule has 0 saturated heterocycles. The average molecular weight is 371 g/mol. The highest BCUT2D eigenvalue weighted by molar-refractivity contribution is 7.89. The van der Waals surface area contributed by atoms with Gasteiger partial charge in [0, 0.05) is 25.2 Å². The largest absolute Gasteiger partial charge is 0.348 e. The zero-order chi connectivity index (χ0) is 19.3. The number of hydrogen-bond donors (Lipinski definition) is 1. The van der Waals surface area contributed by atoms with Crippen LogP contribution in [0.3, 0.4) is 0 Å². The summed E-state index contributed by atoms with van der Waals surface area (Å²) in [5, 5.41) is 11.7. The maximum atomic E-state index is 12.4. The summed E-state index contributed by atoms with van der Waals surface area (Å²) in [6, 6.07) is 14.7. The number of hydrogen-bond acceptors (Lipinski definition) is 4. The first-order valence-electron chi connectivity index (χ1n) is 8.11. The van der Waals surface area contributed by atoms with Gasteiger partial charge < -0.3 is 5.32 Å². The van der Waals surface area contributed by atoms with Crippen molar-refractivity contribution in [3.8, 4) is 6.07 Å². The second-order valence-electron chi connectivity index (χ2n) is 6.13. The predicted molar refractivity (Wildman–Crippen MR) is 98.9 cm³/mol. The number of benzene rings is 2. The molecule has 2 aromatic rings. The molecule has 1 amide bonds. The summed E-state index contributed by atoms with van der Waals surface area (Å²) in [7, 11) is -2.05. The van der Waals surface area contributed by atoms with Gasteiger partial charge in [0.25, 0.3) is 5.91 Å². The molecule has 0 fully saturated rings. The van der Waals surface area contributed by atoms with Gasteiger partial charge in [0.05, 0.1) is 16.5 Å². The Morgan fingerprint density at radius 2 is 1.85 bits per heavy atom. The molecule has 0 aliphatic heterocycles. The number of nitrogens with one attached hydrogen (secondary N) is 1. The van der Waals surface area contributed by atoms with Crippen molar-refractivity contribution in [2.75, 3.05) is 7.05 Å². The molecule has 0 aliphatic carbocycles. The monoisotopic (exact) mass is 371 g/mol. The van der Waals surface area contributed by atoms with Gasteiger partial charge in [-0.05, 0) is 55.8 Å². The molecular weight excluding hydrogens is 350 g/mol. The summed E-state index contributed by atoms with van der Waals surface area (Å²) in [5.74, 6) is -0.312. The molecule has 26 heavy (non-hydrogen) atoms. The molecule has 0 radical (unpaired) electrons. The van der Waals surface area contributed by atoms with E-state index in [4.69, 9.17) is 5.26 Å².